The number of aryl methyl sites for hydroxylation is 1. The lowest BCUT2D eigenvalue weighted by atomic mass is 10.0. The number of aromatic nitrogens is 1. The number of pyridine rings is 1. The van der Waals surface area contributed by atoms with Gasteiger partial charge in [-0.3, -0.25) is 4.98 Å². The van der Waals surface area contributed by atoms with Crippen molar-refractivity contribution in [3.05, 3.63) is 42.2 Å². The van der Waals surface area contributed by atoms with Gasteiger partial charge in [0.2, 0.25) is 0 Å². The number of nitrogens with zero attached hydrogens (tertiary/aromatic N) is 1. The number of para-hydroxylation sites is 1. The van der Waals surface area contributed by atoms with Crippen molar-refractivity contribution >= 4 is 5.69 Å². The first-order chi connectivity index (χ1) is 7.72. The van der Waals surface area contributed by atoms with E-state index in [1.165, 1.54) is 0 Å². The van der Waals surface area contributed by atoms with E-state index in [1.54, 1.807) is 13.3 Å². The van der Waals surface area contributed by atoms with Gasteiger partial charge in [0.15, 0.2) is 0 Å². The van der Waals surface area contributed by atoms with Crippen molar-refractivity contribution in [3.63, 3.8) is 0 Å². The highest BCUT2D eigenvalue weighted by Gasteiger charge is 2.08. The van der Waals surface area contributed by atoms with Crippen LogP contribution >= 0.6 is 0 Å². The van der Waals surface area contributed by atoms with Crippen LogP contribution in [0.5, 0.6) is 5.75 Å². The summed E-state index contributed by atoms with van der Waals surface area (Å²) in [6, 6.07) is 9.76. The van der Waals surface area contributed by atoms with Gasteiger partial charge in [-0.05, 0) is 19.1 Å². The van der Waals surface area contributed by atoms with Gasteiger partial charge in [0.1, 0.15) is 5.75 Å². The molecule has 0 spiro atoms. The summed E-state index contributed by atoms with van der Waals surface area (Å²) in [5, 5.41) is 0. The third-order valence-electron chi connectivity index (χ3n) is 2.51. The molecule has 0 saturated carbocycles. The SMILES string of the molecule is COc1ccccc1-c1cc(N)cnc1C. The van der Waals surface area contributed by atoms with E-state index in [0.717, 1.165) is 22.6 Å². The lowest BCUT2D eigenvalue weighted by molar-refractivity contribution is 0.416. The van der Waals surface area contributed by atoms with Crippen molar-refractivity contribution in [2.45, 2.75) is 6.92 Å². The van der Waals surface area contributed by atoms with E-state index < -0.39 is 0 Å². The van der Waals surface area contributed by atoms with Crippen LogP contribution in [0.15, 0.2) is 36.5 Å². The van der Waals surface area contributed by atoms with Crippen molar-refractivity contribution in [3.8, 4) is 16.9 Å². The van der Waals surface area contributed by atoms with Crippen LogP contribution in [0.3, 0.4) is 0 Å². The summed E-state index contributed by atoms with van der Waals surface area (Å²) in [7, 11) is 1.66. The fourth-order valence-electron chi connectivity index (χ4n) is 1.69. The first kappa shape index (κ1) is 10.5. The molecule has 0 unspecified atom stereocenters. The molecule has 82 valence electrons. The van der Waals surface area contributed by atoms with Crippen LogP contribution < -0.4 is 10.5 Å². The Bertz CT molecular complexity index is 509. The molecular weight excluding hydrogens is 200 g/mol. The van der Waals surface area contributed by atoms with Crippen LogP contribution in [0.2, 0.25) is 0 Å². The van der Waals surface area contributed by atoms with Gasteiger partial charge in [-0.2, -0.15) is 0 Å². The number of ether oxygens (including phenoxy) is 1. The van der Waals surface area contributed by atoms with Crippen molar-refractivity contribution in [2.24, 2.45) is 0 Å². The molecule has 1 aromatic carbocycles. The Morgan fingerprint density at radius 1 is 1.19 bits per heavy atom. The average molecular weight is 214 g/mol. The summed E-state index contributed by atoms with van der Waals surface area (Å²) in [4.78, 5) is 4.25. The van der Waals surface area contributed by atoms with Gasteiger partial charge < -0.3 is 10.5 Å². The lowest BCUT2D eigenvalue weighted by Crippen LogP contribution is -1.94. The molecule has 1 heterocycles. The van der Waals surface area contributed by atoms with Crippen LogP contribution in [-0.4, -0.2) is 12.1 Å². The molecule has 3 heteroatoms. The van der Waals surface area contributed by atoms with Crippen LogP contribution in [0.25, 0.3) is 11.1 Å². The zero-order valence-corrected chi connectivity index (χ0v) is 9.40. The van der Waals surface area contributed by atoms with Crippen molar-refractivity contribution in [2.75, 3.05) is 12.8 Å². The zero-order chi connectivity index (χ0) is 11.5. The second-order valence-corrected chi connectivity index (χ2v) is 3.60. The first-order valence-electron chi connectivity index (χ1n) is 5.08. The molecular formula is C13H14N2O. The Morgan fingerprint density at radius 2 is 1.94 bits per heavy atom. The molecule has 0 aliphatic heterocycles. The summed E-state index contributed by atoms with van der Waals surface area (Å²) in [6.45, 7) is 1.96. The number of methoxy groups -OCH3 is 1. The molecule has 1 aromatic heterocycles. The minimum atomic E-state index is 0.659. The Balaban J connectivity index is 2.62. The summed E-state index contributed by atoms with van der Waals surface area (Å²) >= 11 is 0. The Labute approximate surface area is 94.9 Å². The predicted molar refractivity (Wildman–Crippen MR) is 65.4 cm³/mol. The van der Waals surface area contributed by atoms with E-state index in [1.807, 2.05) is 37.3 Å². The largest absolute Gasteiger partial charge is 0.496 e. The molecule has 0 radical (unpaired) electrons. The van der Waals surface area contributed by atoms with E-state index in [2.05, 4.69) is 4.98 Å². The number of benzene rings is 1. The van der Waals surface area contributed by atoms with E-state index >= 15 is 0 Å². The molecule has 2 aromatic rings. The smallest absolute Gasteiger partial charge is 0.126 e. The number of hydrogen-bond acceptors (Lipinski definition) is 3. The maximum absolute atomic E-state index is 5.75. The minimum Gasteiger partial charge on any atom is -0.496 e. The number of rotatable bonds is 2. The second-order valence-electron chi connectivity index (χ2n) is 3.60. The molecule has 0 saturated heterocycles. The predicted octanol–water partition coefficient (Wildman–Crippen LogP) is 2.65. The molecule has 0 atom stereocenters. The van der Waals surface area contributed by atoms with Gasteiger partial charge in [0.25, 0.3) is 0 Å². The summed E-state index contributed by atoms with van der Waals surface area (Å²) in [6.07, 6.45) is 1.66. The quantitative estimate of drug-likeness (QED) is 0.836. The molecule has 0 amide bonds. The third-order valence-corrected chi connectivity index (χ3v) is 2.51. The highest BCUT2D eigenvalue weighted by Crippen LogP contribution is 2.31. The van der Waals surface area contributed by atoms with Crippen molar-refractivity contribution in [1.82, 2.24) is 4.98 Å². The monoisotopic (exact) mass is 214 g/mol. The third kappa shape index (κ3) is 1.84. The van der Waals surface area contributed by atoms with Crippen molar-refractivity contribution in [1.29, 1.82) is 0 Å². The average Bonchev–Trinajstić information content (AvgIpc) is 2.32. The van der Waals surface area contributed by atoms with Crippen LogP contribution in [0.4, 0.5) is 5.69 Å². The fraction of sp³-hybridized carbons (Fsp3) is 0.154. The van der Waals surface area contributed by atoms with Crippen LogP contribution in [0.1, 0.15) is 5.69 Å². The molecule has 2 N–H and O–H groups in total. The normalized spacial score (nSPS) is 10.1. The topological polar surface area (TPSA) is 48.1 Å². The maximum atomic E-state index is 5.75. The molecule has 0 aliphatic carbocycles. The number of nitrogen functional groups attached to an aromatic ring is 1. The Hall–Kier alpha value is -2.03. The maximum Gasteiger partial charge on any atom is 0.126 e. The van der Waals surface area contributed by atoms with Gasteiger partial charge >= 0.3 is 0 Å². The van der Waals surface area contributed by atoms with Gasteiger partial charge in [-0.15, -0.1) is 0 Å². The van der Waals surface area contributed by atoms with Gasteiger partial charge in [0, 0.05) is 16.8 Å². The number of hydrogen-bond donors (Lipinski definition) is 1. The highest BCUT2D eigenvalue weighted by molar-refractivity contribution is 5.74. The molecule has 0 aliphatic rings. The van der Waals surface area contributed by atoms with Crippen molar-refractivity contribution < 1.29 is 4.74 Å². The number of anilines is 1. The van der Waals surface area contributed by atoms with Gasteiger partial charge in [0.05, 0.1) is 19.0 Å². The Kier molecular flexibility index (Phi) is 2.77. The molecule has 0 fully saturated rings. The van der Waals surface area contributed by atoms with E-state index in [0.29, 0.717) is 5.69 Å². The van der Waals surface area contributed by atoms with Crippen LogP contribution in [-0.2, 0) is 0 Å². The second kappa shape index (κ2) is 4.23. The summed E-state index contributed by atoms with van der Waals surface area (Å²) < 4.78 is 5.33. The Morgan fingerprint density at radius 3 is 2.69 bits per heavy atom. The van der Waals surface area contributed by atoms with Crippen LogP contribution in [0, 0.1) is 6.92 Å². The van der Waals surface area contributed by atoms with E-state index in [9.17, 15) is 0 Å². The number of nitrogens with two attached hydrogens (primary N) is 1. The molecule has 0 bridgehead atoms. The van der Waals surface area contributed by atoms with Gasteiger partial charge in [-0.25, -0.2) is 0 Å². The lowest BCUT2D eigenvalue weighted by Gasteiger charge is -2.10. The molecule has 3 nitrogen and oxygen atoms in total. The van der Waals surface area contributed by atoms with E-state index in [4.69, 9.17) is 10.5 Å². The standard InChI is InChI=1S/C13H14N2O/c1-9-12(7-10(14)8-15-9)11-5-3-4-6-13(11)16-2/h3-8H,14H2,1-2H3. The summed E-state index contributed by atoms with van der Waals surface area (Å²) in [5.74, 6) is 0.831. The van der Waals surface area contributed by atoms with E-state index in [-0.39, 0.29) is 0 Å². The minimum absolute atomic E-state index is 0.659. The fourth-order valence-corrected chi connectivity index (χ4v) is 1.69. The van der Waals surface area contributed by atoms with Gasteiger partial charge in [-0.1, -0.05) is 18.2 Å². The highest BCUT2D eigenvalue weighted by atomic mass is 16.5. The first-order valence-corrected chi connectivity index (χ1v) is 5.08. The molecule has 2 rings (SSSR count). The molecule has 16 heavy (non-hydrogen) atoms. The zero-order valence-electron chi connectivity index (χ0n) is 9.40. The summed E-state index contributed by atoms with van der Waals surface area (Å²) in [5.41, 5.74) is 9.38.